The van der Waals surface area contributed by atoms with Crippen LogP contribution in [0.5, 0.6) is 0 Å². The molecule has 0 radical (unpaired) electrons. The van der Waals surface area contributed by atoms with Crippen molar-refractivity contribution in [1.29, 1.82) is 0 Å². The summed E-state index contributed by atoms with van der Waals surface area (Å²) in [5.74, 6) is 0. The first-order valence-corrected chi connectivity index (χ1v) is 8.18. The van der Waals surface area contributed by atoms with E-state index in [-0.39, 0.29) is 0 Å². The Bertz CT molecular complexity index is 743. The molecule has 4 heteroatoms. The number of nitrogens with zero attached hydrogens (tertiary/aromatic N) is 2. The largest absolute Gasteiger partial charge is 0.384 e. The molecule has 1 N–H and O–H groups in total. The number of hydrogen-bond acceptors (Lipinski definition) is 3. The van der Waals surface area contributed by atoms with E-state index < -0.39 is 0 Å². The van der Waals surface area contributed by atoms with Crippen molar-refractivity contribution < 1.29 is 0 Å². The zero-order chi connectivity index (χ0) is 14.1. The Labute approximate surface area is 128 Å². The summed E-state index contributed by atoms with van der Waals surface area (Å²) in [5.41, 5.74) is 5.18. The highest BCUT2D eigenvalue weighted by Gasteiger charge is 2.17. The molecule has 0 atom stereocenters. The van der Waals surface area contributed by atoms with Crippen molar-refractivity contribution >= 4 is 17.0 Å². The van der Waals surface area contributed by atoms with Gasteiger partial charge < -0.3 is 9.88 Å². The van der Waals surface area contributed by atoms with Gasteiger partial charge in [-0.3, -0.25) is 0 Å². The summed E-state index contributed by atoms with van der Waals surface area (Å²) in [6.45, 7) is 2.01. The number of para-hydroxylation sites is 1. The van der Waals surface area contributed by atoms with E-state index >= 15 is 0 Å². The number of fused-ring (bicyclic) bond motifs is 1. The van der Waals surface area contributed by atoms with Crippen LogP contribution >= 0.6 is 11.3 Å². The molecule has 21 heavy (non-hydrogen) atoms. The van der Waals surface area contributed by atoms with Gasteiger partial charge in [-0.05, 0) is 29.9 Å². The van der Waals surface area contributed by atoms with E-state index in [4.69, 9.17) is 0 Å². The lowest BCUT2D eigenvalue weighted by Crippen LogP contribution is -2.02. The van der Waals surface area contributed by atoms with Crippen LogP contribution in [-0.4, -0.2) is 16.1 Å². The number of benzene rings is 1. The number of aromatic nitrogens is 2. The molecule has 3 nitrogen and oxygen atoms in total. The van der Waals surface area contributed by atoms with Crippen molar-refractivity contribution in [3.8, 4) is 11.3 Å². The molecule has 4 rings (SSSR count). The molecule has 0 bridgehead atoms. The van der Waals surface area contributed by atoms with Gasteiger partial charge >= 0.3 is 0 Å². The predicted octanol–water partition coefficient (Wildman–Crippen LogP) is 3.82. The van der Waals surface area contributed by atoms with Gasteiger partial charge in [-0.25, -0.2) is 4.98 Å². The van der Waals surface area contributed by atoms with Gasteiger partial charge in [-0.2, -0.15) is 0 Å². The second kappa shape index (κ2) is 5.37. The van der Waals surface area contributed by atoms with Crippen molar-refractivity contribution in [2.75, 3.05) is 11.9 Å². The van der Waals surface area contributed by atoms with Crippen LogP contribution in [0.1, 0.15) is 10.4 Å². The maximum atomic E-state index is 4.36. The molecule has 0 amide bonds. The molecular weight excluding hydrogens is 278 g/mol. The highest BCUT2D eigenvalue weighted by molar-refractivity contribution is 7.09. The van der Waals surface area contributed by atoms with Crippen molar-refractivity contribution in [2.45, 2.75) is 19.4 Å². The Balaban J connectivity index is 1.65. The van der Waals surface area contributed by atoms with E-state index in [9.17, 15) is 0 Å². The van der Waals surface area contributed by atoms with Crippen molar-refractivity contribution in [1.82, 2.24) is 9.55 Å². The lowest BCUT2D eigenvalue weighted by atomic mass is 10.1. The first-order chi connectivity index (χ1) is 10.4. The first kappa shape index (κ1) is 12.7. The summed E-state index contributed by atoms with van der Waals surface area (Å²) in [6, 6.07) is 10.9. The highest BCUT2D eigenvalue weighted by atomic mass is 32.1. The lowest BCUT2D eigenvalue weighted by Gasteiger charge is -2.11. The molecule has 0 unspecified atom stereocenters. The molecule has 2 aromatic heterocycles. The minimum atomic E-state index is 0.972. The van der Waals surface area contributed by atoms with Crippen molar-refractivity contribution in [3.63, 3.8) is 0 Å². The van der Waals surface area contributed by atoms with Gasteiger partial charge in [0, 0.05) is 29.2 Å². The number of thiophene rings is 1. The Kier molecular flexibility index (Phi) is 3.24. The van der Waals surface area contributed by atoms with Gasteiger partial charge in [-0.15, -0.1) is 11.3 Å². The summed E-state index contributed by atoms with van der Waals surface area (Å²) >= 11 is 1.82. The molecule has 0 fully saturated rings. The molecule has 0 saturated carbocycles. The average Bonchev–Trinajstić information content (AvgIpc) is 3.25. The van der Waals surface area contributed by atoms with E-state index in [1.807, 2.05) is 23.9 Å². The van der Waals surface area contributed by atoms with Gasteiger partial charge in [0.15, 0.2) is 0 Å². The second-order valence-electron chi connectivity index (χ2n) is 5.32. The second-order valence-corrected chi connectivity index (χ2v) is 6.35. The van der Waals surface area contributed by atoms with Crippen LogP contribution in [0.25, 0.3) is 11.3 Å². The molecule has 0 spiro atoms. The number of imidazole rings is 1. The standard InChI is InChI=1S/C17H17N3S/c1-3-13-6-8-19-17(13)15(5-1)16-11-18-12-20(16)9-7-14-4-2-10-21-14/h1-5,10-12,19H,6-9H2. The molecule has 0 aliphatic carbocycles. The van der Waals surface area contributed by atoms with Crippen LogP contribution < -0.4 is 5.32 Å². The Morgan fingerprint density at radius 3 is 3.14 bits per heavy atom. The van der Waals surface area contributed by atoms with Gasteiger partial charge in [0.25, 0.3) is 0 Å². The number of rotatable bonds is 4. The van der Waals surface area contributed by atoms with Gasteiger partial charge in [0.2, 0.25) is 0 Å². The Morgan fingerprint density at radius 1 is 1.24 bits per heavy atom. The third kappa shape index (κ3) is 2.36. The van der Waals surface area contributed by atoms with Gasteiger partial charge in [0.1, 0.15) is 0 Å². The highest BCUT2D eigenvalue weighted by Crippen LogP contribution is 2.34. The van der Waals surface area contributed by atoms with Crippen molar-refractivity contribution in [3.05, 3.63) is 58.7 Å². The zero-order valence-electron chi connectivity index (χ0n) is 11.7. The normalized spacial score (nSPS) is 13.1. The minimum absolute atomic E-state index is 0.972. The summed E-state index contributed by atoms with van der Waals surface area (Å²) in [4.78, 5) is 5.78. The maximum absolute atomic E-state index is 4.36. The predicted molar refractivity (Wildman–Crippen MR) is 87.9 cm³/mol. The van der Waals surface area contributed by atoms with E-state index in [1.165, 1.54) is 27.4 Å². The average molecular weight is 295 g/mol. The Hall–Kier alpha value is -2.07. The fourth-order valence-corrected chi connectivity index (χ4v) is 3.66. The van der Waals surface area contributed by atoms with E-state index in [0.29, 0.717) is 0 Å². The number of aryl methyl sites for hydroxylation is 2. The molecule has 1 aromatic carbocycles. The van der Waals surface area contributed by atoms with Crippen molar-refractivity contribution in [2.24, 2.45) is 0 Å². The summed E-state index contributed by atoms with van der Waals surface area (Å²) < 4.78 is 2.26. The SMILES string of the molecule is c1csc(CCn2cncc2-c2cccc3c2NCC3)c1. The van der Waals surface area contributed by atoms with E-state index in [2.05, 4.69) is 50.6 Å². The number of anilines is 1. The molecule has 106 valence electrons. The maximum Gasteiger partial charge on any atom is 0.0951 e. The van der Waals surface area contributed by atoms with Crippen LogP contribution in [0.2, 0.25) is 0 Å². The van der Waals surface area contributed by atoms with Gasteiger partial charge in [0.05, 0.1) is 18.2 Å². The molecule has 1 aliphatic rings. The number of nitrogens with one attached hydrogen (secondary N) is 1. The van der Waals surface area contributed by atoms with Crippen LogP contribution in [0.4, 0.5) is 5.69 Å². The molecule has 0 saturated heterocycles. The van der Waals surface area contributed by atoms with Crippen LogP contribution in [-0.2, 0) is 19.4 Å². The smallest absolute Gasteiger partial charge is 0.0951 e. The summed E-state index contributed by atoms with van der Waals surface area (Å²) in [6.07, 6.45) is 6.09. The monoisotopic (exact) mass is 295 g/mol. The Morgan fingerprint density at radius 2 is 2.24 bits per heavy atom. The summed E-state index contributed by atoms with van der Waals surface area (Å²) in [5, 5.41) is 5.65. The minimum Gasteiger partial charge on any atom is -0.384 e. The fourth-order valence-electron chi connectivity index (χ4n) is 2.96. The summed E-state index contributed by atoms with van der Waals surface area (Å²) in [7, 11) is 0. The van der Waals surface area contributed by atoms with Gasteiger partial charge in [-0.1, -0.05) is 24.3 Å². The zero-order valence-corrected chi connectivity index (χ0v) is 12.6. The lowest BCUT2D eigenvalue weighted by molar-refractivity contribution is 0.708. The number of hydrogen-bond donors (Lipinski definition) is 1. The van der Waals surface area contributed by atoms with E-state index in [0.717, 1.165) is 25.9 Å². The molecular formula is C17H17N3S. The van der Waals surface area contributed by atoms with Crippen LogP contribution in [0, 0.1) is 0 Å². The van der Waals surface area contributed by atoms with Crippen LogP contribution in [0.3, 0.4) is 0 Å². The molecule has 1 aliphatic heterocycles. The topological polar surface area (TPSA) is 29.9 Å². The van der Waals surface area contributed by atoms with Crippen LogP contribution in [0.15, 0.2) is 48.2 Å². The molecule has 3 heterocycles. The quantitative estimate of drug-likeness (QED) is 0.793. The third-order valence-corrected chi connectivity index (χ3v) is 4.95. The fraction of sp³-hybridized carbons (Fsp3) is 0.235. The van der Waals surface area contributed by atoms with E-state index in [1.54, 1.807) is 0 Å². The third-order valence-electron chi connectivity index (χ3n) is 4.01. The molecule has 3 aromatic rings. The first-order valence-electron chi connectivity index (χ1n) is 7.30.